The number of rotatable bonds is 2. The van der Waals surface area contributed by atoms with Crippen LogP contribution in [0, 0.1) is 5.92 Å². The molecular formula is C9H15NO4. The average molecular weight is 201 g/mol. The fourth-order valence-electron chi connectivity index (χ4n) is 1.62. The summed E-state index contributed by atoms with van der Waals surface area (Å²) in [5, 5.41) is 18.1. The minimum atomic E-state index is -1.05. The van der Waals surface area contributed by atoms with E-state index in [4.69, 9.17) is 5.11 Å². The first-order chi connectivity index (χ1) is 6.43. The van der Waals surface area contributed by atoms with Gasteiger partial charge in [0.05, 0.1) is 6.10 Å². The van der Waals surface area contributed by atoms with Crippen molar-refractivity contribution in [1.82, 2.24) is 4.90 Å². The van der Waals surface area contributed by atoms with Gasteiger partial charge in [0.2, 0.25) is 5.91 Å². The number of likely N-dealkylation sites (tertiary alicyclic amines) is 1. The molecule has 0 unspecified atom stereocenters. The van der Waals surface area contributed by atoms with E-state index in [0.717, 1.165) is 0 Å². The van der Waals surface area contributed by atoms with Crippen LogP contribution >= 0.6 is 0 Å². The van der Waals surface area contributed by atoms with Crippen LogP contribution in [0.25, 0.3) is 0 Å². The molecule has 0 aliphatic carbocycles. The van der Waals surface area contributed by atoms with Gasteiger partial charge in [-0.05, 0) is 0 Å². The van der Waals surface area contributed by atoms with Gasteiger partial charge in [0.1, 0.15) is 6.04 Å². The molecule has 1 saturated heterocycles. The minimum Gasteiger partial charge on any atom is -0.480 e. The van der Waals surface area contributed by atoms with Gasteiger partial charge in [-0.15, -0.1) is 0 Å². The zero-order valence-electron chi connectivity index (χ0n) is 8.30. The van der Waals surface area contributed by atoms with Gasteiger partial charge in [-0.3, -0.25) is 4.79 Å². The maximum absolute atomic E-state index is 11.6. The Kier molecular flexibility index (Phi) is 3.10. The molecule has 1 aliphatic heterocycles. The summed E-state index contributed by atoms with van der Waals surface area (Å²) in [6, 6.07) is -0.861. The number of amides is 1. The standard InChI is InChI=1S/C9H15NO4/c1-5(2)8(12)10-4-6(11)3-7(10)9(13)14/h5-7,11H,3-4H2,1-2H3,(H,13,14)/t6-,7+/m0/s1. The molecule has 14 heavy (non-hydrogen) atoms. The van der Waals surface area contributed by atoms with E-state index in [0.29, 0.717) is 0 Å². The first-order valence-electron chi connectivity index (χ1n) is 4.64. The maximum atomic E-state index is 11.6. The van der Waals surface area contributed by atoms with E-state index in [1.165, 1.54) is 4.90 Å². The number of nitrogens with zero attached hydrogens (tertiary/aromatic N) is 1. The van der Waals surface area contributed by atoms with Crippen molar-refractivity contribution in [2.75, 3.05) is 6.54 Å². The van der Waals surface area contributed by atoms with E-state index in [1.807, 2.05) is 0 Å². The van der Waals surface area contributed by atoms with Gasteiger partial charge in [-0.1, -0.05) is 13.8 Å². The lowest BCUT2D eigenvalue weighted by molar-refractivity contribution is -0.149. The number of carboxylic acid groups (broad SMARTS) is 1. The van der Waals surface area contributed by atoms with E-state index >= 15 is 0 Å². The van der Waals surface area contributed by atoms with Crippen molar-refractivity contribution in [1.29, 1.82) is 0 Å². The first-order valence-corrected chi connectivity index (χ1v) is 4.64. The average Bonchev–Trinajstić information content (AvgIpc) is 2.45. The maximum Gasteiger partial charge on any atom is 0.326 e. The second kappa shape index (κ2) is 3.96. The molecule has 5 nitrogen and oxygen atoms in total. The molecule has 0 bridgehead atoms. The topological polar surface area (TPSA) is 77.8 Å². The zero-order chi connectivity index (χ0) is 10.9. The van der Waals surface area contributed by atoms with Crippen molar-refractivity contribution in [2.24, 2.45) is 5.92 Å². The molecule has 2 atom stereocenters. The molecule has 1 aliphatic rings. The van der Waals surface area contributed by atoms with Crippen molar-refractivity contribution in [3.63, 3.8) is 0 Å². The number of carbonyl (C=O) groups is 2. The summed E-state index contributed by atoms with van der Waals surface area (Å²) in [7, 11) is 0. The van der Waals surface area contributed by atoms with Gasteiger partial charge in [-0.2, -0.15) is 0 Å². The molecule has 5 heteroatoms. The van der Waals surface area contributed by atoms with Crippen molar-refractivity contribution in [3.8, 4) is 0 Å². The summed E-state index contributed by atoms with van der Waals surface area (Å²) in [6.45, 7) is 3.56. The van der Waals surface area contributed by atoms with Gasteiger partial charge >= 0.3 is 5.97 Å². The van der Waals surface area contributed by atoms with E-state index in [2.05, 4.69) is 0 Å². The van der Waals surface area contributed by atoms with E-state index in [1.54, 1.807) is 13.8 Å². The Bertz CT molecular complexity index is 251. The predicted molar refractivity (Wildman–Crippen MR) is 48.6 cm³/mol. The number of carbonyl (C=O) groups excluding carboxylic acids is 1. The fraction of sp³-hybridized carbons (Fsp3) is 0.778. The molecule has 80 valence electrons. The van der Waals surface area contributed by atoms with Crippen LogP contribution in [0.5, 0.6) is 0 Å². The number of aliphatic carboxylic acids is 1. The van der Waals surface area contributed by atoms with Crippen LogP contribution in [0.3, 0.4) is 0 Å². The lowest BCUT2D eigenvalue weighted by Crippen LogP contribution is -2.42. The molecule has 0 radical (unpaired) electrons. The lowest BCUT2D eigenvalue weighted by atomic mass is 10.1. The number of β-amino-alcohol motifs (C(OH)–C–C–N with tert-alkyl or cyclic N) is 1. The summed E-state index contributed by atoms with van der Waals surface area (Å²) in [4.78, 5) is 23.6. The predicted octanol–water partition coefficient (Wildman–Crippen LogP) is -0.311. The molecule has 0 spiro atoms. The summed E-state index contributed by atoms with van der Waals surface area (Å²) in [5.41, 5.74) is 0. The highest BCUT2D eigenvalue weighted by Gasteiger charge is 2.39. The second-order valence-electron chi connectivity index (χ2n) is 3.89. The molecule has 1 heterocycles. The molecular weight excluding hydrogens is 186 g/mol. The normalized spacial score (nSPS) is 27.0. The molecule has 0 saturated carbocycles. The number of carboxylic acids is 1. The van der Waals surface area contributed by atoms with Crippen LogP contribution < -0.4 is 0 Å². The summed E-state index contributed by atoms with van der Waals surface area (Å²) < 4.78 is 0. The van der Waals surface area contributed by atoms with Crippen LogP contribution in [0.15, 0.2) is 0 Å². The number of aliphatic hydroxyl groups is 1. The highest BCUT2D eigenvalue weighted by atomic mass is 16.4. The molecule has 1 fully saturated rings. The Balaban J connectivity index is 2.76. The Labute approximate surface area is 82.3 Å². The Morgan fingerprint density at radius 3 is 2.43 bits per heavy atom. The zero-order valence-corrected chi connectivity index (χ0v) is 8.30. The van der Waals surface area contributed by atoms with Gasteiger partial charge in [-0.25, -0.2) is 4.79 Å². The molecule has 0 aromatic carbocycles. The van der Waals surface area contributed by atoms with Crippen molar-refractivity contribution in [2.45, 2.75) is 32.4 Å². The largest absolute Gasteiger partial charge is 0.480 e. The Morgan fingerprint density at radius 2 is 2.00 bits per heavy atom. The van der Waals surface area contributed by atoms with Crippen LogP contribution in [-0.2, 0) is 9.59 Å². The molecule has 0 aromatic rings. The smallest absolute Gasteiger partial charge is 0.326 e. The monoisotopic (exact) mass is 201 g/mol. The number of aliphatic hydroxyl groups excluding tert-OH is 1. The van der Waals surface area contributed by atoms with Gasteiger partial charge in [0, 0.05) is 18.9 Å². The third kappa shape index (κ3) is 2.04. The number of hydrogen-bond donors (Lipinski definition) is 2. The van der Waals surface area contributed by atoms with Crippen molar-refractivity contribution in [3.05, 3.63) is 0 Å². The summed E-state index contributed by atoms with van der Waals surface area (Å²) in [6.07, 6.45) is -0.577. The van der Waals surface area contributed by atoms with Gasteiger partial charge in [0.15, 0.2) is 0 Å². The molecule has 1 rings (SSSR count). The van der Waals surface area contributed by atoms with Crippen LogP contribution in [0.4, 0.5) is 0 Å². The van der Waals surface area contributed by atoms with E-state index in [-0.39, 0.29) is 24.8 Å². The van der Waals surface area contributed by atoms with E-state index < -0.39 is 18.1 Å². The van der Waals surface area contributed by atoms with Crippen molar-refractivity contribution >= 4 is 11.9 Å². The third-order valence-electron chi connectivity index (χ3n) is 2.34. The number of hydrogen-bond acceptors (Lipinski definition) is 3. The van der Waals surface area contributed by atoms with Gasteiger partial charge < -0.3 is 15.1 Å². The molecule has 1 amide bonds. The van der Waals surface area contributed by atoms with Crippen LogP contribution in [0.2, 0.25) is 0 Å². The lowest BCUT2D eigenvalue weighted by Gasteiger charge is -2.22. The molecule has 0 aromatic heterocycles. The minimum absolute atomic E-state index is 0.133. The highest BCUT2D eigenvalue weighted by Crippen LogP contribution is 2.20. The Morgan fingerprint density at radius 1 is 1.43 bits per heavy atom. The fourth-order valence-corrected chi connectivity index (χ4v) is 1.62. The SMILES string of the molecule is CC(C)C(=O)N1C[C@@H](O)C[C@@H]1C(=O)O. The Hall–Kier alpha value is -1.10. The summed E-state index contributed by atoms with van der Waals surface area (Å²) in [5.74, 6) is -1.49. The van der Waals surface area contributed by atoms with Crippen LogP contribution in [-0.4, -0.2) is 45.7 Å². The van der Waals surface area contributed by atoms with Crippen molar-refractivity contribution < 1.29 is 19.8 Å². The molecule has 2 N–H and O–H groups in total. The highest BCUT2D eigenvalue weighted by molar-refractivity contribution is 5.85. The first kappa shape index (κ1) is 11.0. The van der Waals surface area contributed by atoms with E-state index in [9.17, 15) is 14.7 Å². The van der Waals surface area contributed by atoms with Gasteiger partial charge in [0.25, 0.3) is 0 Å². The third-order valence-corrected chi connectivity index (χ3v) is 2.34. The van der Waals surface area contributed by atoms with Crippen LogP contribution in [0.1, 0.15) is 20.3 Å². The quantitative estimate of drug-likeness (QED) is 0.642. The summed E-state index contributed by atoms with van der Waals surface area (Å²) >= 11 is 0. The second-order valence-corrected chi connectivity index (χ2v) is 3.89.